The van der Waals surface area contributed by atoms with E-state index in [9.17, 15) is 28.0 Å². The monoisotopic (exact) mass is 428 g/mol. The van der Waals surface area contributed by atoms with Gasteiger partial charge in [0.2, 0.25) is 0 Å². The van der Waals surface area contributed by atoms with Crippen LogP contribution in [-0.2, 0) is 26.9 Å². The van der Waals surface area contributed by atoms with Gasteiger partial charge < -0.3 is 10.1 Å². The predicted molar refractivity (Wildman–Crippen MR) is 103 cm³/mol. The number of ether oxygens (including phenoxy) is 1. The van der Waals surface area contributed by atoms with Crippen molar-refractivity contribution < 1.29 is 27.5 Å². The number of halogens is 3. The zero-order chi connectivity index (χ0) is 22.4. The van der Waals surface area contributed by atoms with E-state index in [0.29, 0.717) is 5.69 Å². The molecule has 0 unspecified atom stereocenters. The van der Waals surface area contributed by atoms with E-state index >= 15 is 0 Å². The maximum Gasteiger partial charge on any atom is 0.416 e. The van der Waals surface area contributed by atoms with Crippen molar-refractivity contribution in [3.63, 3.8) is 0 Å². The van der Waals surface area contributed by atoms with Gasteiger partial charge in [0.25, 0.3) is 5.91 Å². The molecule has 0 atom stereocenters. The molecule has 0 fully saturated rings. The number of aromatic nitrogens is 2. The van der Waals surface area contributed by atoms with Crippen LogP contribution in [0.3, 0.4) is 0 Å². The number of amides is 1. The van der Waals surface area contributed by atoms with Gasteiger partial charge in [-0.15, -0.1) is 0 Å². The van der Waals surface area contributed by atoms with Crippen molar-refractivity contribution in [2.45, 2.75) is 12.6 Å². The number of benzene rings is 2. The van der Waals surface area contributed by atoms with Gasteiger partial charge in [-0.3, -0.25) is 9.59 Å². The lowest BCUT2D eigenvalue weighted by molar-refractivity contribution is -0.146. The van der Waals surface area contributed by atoms with Gasteiger partial charge in [-0.2, -0.15) is 23.5 Å². The molecule has 3 rings (SSSR count). The minimum atomic E-state index is -4.53. The molecule has 10 heteroatoms. The Morgan fingerprint density at radius 3 is 2.55 bits per heavy atom. The Labute approximate surface area is 174 Å². The van der Waals surface area contributed by atoms with Gasteiger partial charge in [0.1, 0.15) is 11.6 Å². The van der Waals surface area contributed by atoms with Crippen molar-refractivity contribution in [1.82, 2.24) is 9.78 Å². The SMILES string of the molecule is N#Cc1cnn(-c2ccccc2)c1NC(=O)COC(=O)Cc1cccc(C(F)(F)F)c1. The van der Waals surface area contributed by atoms with Gasteiger partial charge in [0.15, 0.2) is 12.4 Å². The van der Waals surface area contributed by atoms with E-state index in [4.69, 9.17) is 4.74 Å². The minimum absolute atomic E-state index is 0.104. The van der Waals surface area contributed by atoms with Crippen molar-refractivity contribution in [2.75, 3.05) is 11.9 Å². The minimum Gasteiger partial charge on any atom is -0.455 e. The summed E-state index contributed by atoms with van der Waals surface area (Å²) in [5.41, 5.74) is -0.0729. The van der Waals surface area contributed by atoms with Crippen LogP contribution in [0.1, 0.15) is 16.7 Å². The van der Waals surface area contributed by atoms with Gasteiger partial charge in [-0.05, 0) is 23.8 Å². The molecule has 0 saturated heterocycles. The average molecular weight is 428 g/mol. The fraction of sp³-hybridized carbons (Fsp3) is 0.143. The maximum absolute atomic E-state index is 12.8. The summed E-state index contributed by atoms with van der Waals surface area (Å²) in [7, 11) is 0. The van der Waals surface area contributed by atoms with E-state index in [0.717, 1.165) is 12.1 Å². The second-order valence-electron chi connectivity index (χ2n) is 6.35. The summed E-state index contributed by atoms with van der Waals surface area (Å²) in [4.78, 5) is 24.2. The molecular formula is C21H15F3N4O3. The number of nitriles is 1. The molecule has 0 aliphatic heterocycles. The van der Waals surface area contributed by atoms with Crippen molar-refractivity contribution >= 4 is 17.7 Å². The largest absolute Gasteiger partial charge is 0.455 e. The van der Waals surface area contributed by atoms with Crippen molar-refractivity contribution in [1.29, 1.82) is 5.26 Å². The van der Waals surface area contributed by atoms with Crippen LogP contribution in [0.15, 0.2) is 60.8 Å². The summed E-state index contributed by atoms with van der Waals surface area (Å²) in [6, 6.07) is 14.9. The van der Waals surface area contributed by atoms with Crippen molar-refractivity contribution in [2.24, 2.45) is 0 Å². The lowest BCUT2D eigenvalue weighted by Gasteiger charge is -2.10. The highest BCUT2D eigenvalue weighted by atomic mass is 19.4. The Morgan fingerprint density at radius 1 is 1.13 bits per heavy atom. The third kappa shape index (κ3) is 5.48. The first-order valence-electron chi connectivity index (χ1n) is 8.93. The first-order valence-corrected chi connectivity index (χ1v) is 8.93. The third-order valence-electron chi connectivity index (χ3n) is 4.12. The molecule has 0 bridgehead atoms. The zero-order valence-corrected chi connectivity index (χ0v) is 15.9. The normalized spacial score (nSPS) is 10.9. The number of alkyl halides is 3. The molecule has 3 aromatic rings. The Morgan fingerprint density at radius 2 is 1.87 bits per heavy atom. The zero-order valence-electron chi connectivity index (χ0n) is 15.9. The number of carbonyl (C=O) groups excluding carboxylic acids is 2. The Kier molecular flexibility index (Phi) is 6.35. The molecule has 0 saturated carbocycles. The smallest absolute Gasteiger partial charge is 0.416 e. The molecule has 7 nitrogen and oxygen atoms in total. The molecule has 1 heterocycles. The highest BCUT2D eigenvalue weighted by molar-refractivity contribution is 5.93. The Balaban J connectivity index is 1.62. The number of nitrogens with zero attached hydrogens (tertiary/aromatic N) is 3. The van der Waals surface area contributed by atoms with E-state index in [1.807, 2.05) is 6.07 Å². The number of hydrogen-bond acceptors (Lipinski definition) is 5. The standard InChI is InChI=1S/C21H15F3N4O3/c22-21(23,24)16-6-4-5-14(9-16)10-19(30)31-13-18(29)27-20-15(11-25)12-26-28(20)17-7-2-1-3-8-17/h1-9,12H,10,13H2,(H,27,29). The number of carbonyl (C=O) groups is 2. The molecule has 1 amide bonds. The van der Waals surface area contributed by atoms with Crippen LogP contribution >= 0.6 is 0 Å². The lowest BCUT2D eigenvalue weighted by Crippen LogP contribution is -2.23. The summed E-state index contributed by atoms with van der Waals surface area (Å²) in [5.74, 6) is -1.49. The summed E-state index contributed by atoms with van der Waals surface area (Å²) in [6.07, 6.45) is -3.68. The molecule has 0 radical (unpaired) electrons. The summed E-state index contributed by atoms with van der Waals surface area (Å²) in [5, 5.41) is 15.8. The van der Waals surface area contributed by atoms with Crippen LogP contribution < -0.4 is 5.32 Å². The fourth-order valence-corrected chi connectivity index (χ4v) is 2.71. The topological polar surface area (TPSA) is 97.0 Å². The van der Waals surface area contributed by atoms with E-state index in [1.165, 1.54) is 23.0 Å². The van der Waals surface area contributed by atoms with Gasteiger partial charge in [-0.25, -0.2) is 4.68 Å². The third-order valence-corrected chi connectivity index (χ3v) is 4.12. The molecule has 0 spiro atoms. The van der Waals surface area contributed by atoms with E-state index in [-0.39, 0.29) is 16.9 Å². The number of rotatable bonds is 6. The van der Waals surface area contributed by atoms with Gasteiger partial charge in [-0.1, -0.05) is 36.4 Å². The first-order chi connectivity index (χ1) is 14.8. The fourth-order valence-electron chi connectivity index (χ4n) is 2.71. The number of hydrogen-bond donors (Lipinski definition) is 1. The molecule has 158 valence electrons. The maximum atomic E-state index is 12.8. The van der Waals surface area contributed by atoms with Crippen LogP contribution in [0.2, 0.25) is 0 Å². The Hall–Kier alpha value is -4.13. The lowest BCUT2D eigenvalue weighted by atomic mass is 10.1. The molecule has 31 heavy (non-hydrogen) atoms. The van der Waals surface area contributed by atoms with Crippen molar-refractivity contribution in [3.05, 3.63) is 77.5 Å². The van der Waals surface area contributed by atoms with Gasteiger partial charge in [0, 0.05) is 0 Å². The summed E-state index contributed by atoms with van der Waals surface area (Å²) >= 11 is 0. The molecule has 0 aliphatic carbocycles. The molecule has 2 aromatic carbocycles. The van der Waals surface area contributed by atoms with Crippen molar-refractivity contribution in [3.8, 4) is 11.8 Å². The predicted octanol–water partition coefficient (Wildman–Crippen LogP) is 3.49. The van der Waals surface area contributed by atoms with Gasteiger partial charge in [0.05, 0.1) is 23.9 Å². The molecule has 0 aliphatic rings. The summed E-state index contributed by atoms with van der Waals surface area (Å²) < 4.78 is 44.5. The molecule has 1 aromatic heterocycles. The second kappa shape index (κ2) is 9.13. The van der Waals surface area contributed by atoms with Crippen LogP contribution in [0.5, 0.6) is 0 Å². The van der Waals surface area contributed by atoms with Gasteiger partial charge >= 0.3 is 12.1 Å². The van der Waals surface area contributed by atoms with Crippen LogP contribution in [0.25, 0.3) is 5.69 Å². The first kappa shape index (κ1) is 21.6. The van der Waals surface area contributed by atoms with E-state index < -0.39 is 36.6 Å². The number of anilines is 1. The van der Waals surface area contributed by atoms with Crippen LogP contribution in [-0.4, -0.2) is 28.3 Å². The highest BCUT2D eigenvalue weighted by Gasteiger charge is 2.30. The highest BCUT2D eigenvalue weighted by Crippen LogP contribution is 2.29. The number of para-hydroxylation sites is 1. The van der Waals surface area contributed by atoms with Crippen LogP contribution in [0.4, 0.5) is 19.0 Å². The Bertz CT molecular complexity index is 1130. The second-order valence-corrected chi connectivity index (χ2v) is 6.35. The van der Waals surface area contributed by atoms with E-state index in [1.54, 1.807) is 30.3 Å². The average Bonchev–Trinajstić information content (AvgIpc) is 3.15. The number of esters is 1. The molecular weight excluding hydrogens is 413 g/mol. The van der Waals surface area contributed by atoms with E-state index in [2.05, 4.69) is 10.4 Å². The molecule has 1 N–H and O–H groups in total. The quantitative estimate of drug-likeness (QED) is 0.607. The summed E-state index contributed by atoms with van der Waals surface area (Å²) in [6.45, 7) is -0.678. The number of nitrogens with one attached hydrogen (secondary N) is 1. The van der Waals surface area contributed by atoms with Crippen LogP contribution in [0, 0.1) is 11.3 Å².